The lowest BCUT2D eigenvalue weighted by Crippen LogP contribution is -2.44. The fourth-order valence-electron chi connectivity index (χ4n) is 1.25. The minimum atomic E-state index is 0.410. The Bertz CT molecular complexity index is 216. The van der Waals surface area contributed by atoms with Crippen molar-refractivity contribution in [3.05, 3.63) is 11.6 Å². The average Bonchev–Trinajstić information content (AvgIpc) is 2.36. The molecule has 0 aromatic carbocycles. The number of nitrogens with zero attached hydrogens (tertiary/aromatic N) is 1. The van der Waals surface area contributed by atoms with Crippen molar-refractivity contribution in [1.29, 1.82) is 0 Å². The number of anilines is 1. The second-order valence-corrected chi connectivity index (χ2v) is 3.80. The van der Waals surface area contributed by atoms with Crippen LogP contribution in [-0.2, 0) is 0 Å². The number of hydrogen-bond acceptors (Lipinski definition) is 4. The van der Waals surface area contributed by atoms with E-state index in [2.05, 4.69) is 10.3 Å². The summed E-state index contributed by atoms with van der Waals surface area (Å²) in [5, 5.41) is 6.30. The van der Waals surface area contributed by atoms with E-state index in [9.17, 15) is 0 Å². The third kappa shape index (κ3) is 1.52. The van der Waals surface area contributed by atoms with Crippen molar-refractivity contribution >= 4 is 16.5 Å². The summed E-state index contributed by atoms with van der Waals surface area (Å²) in [6.45, 7) is 0. The molecule has 2 rings (SSSR count). The number of nitrogens with two attached hydrogens (primary N) is 1. The summed E-state index contributed by atoms with van der Waals surface area (Å²) in [5.41, 5.74) is 5.64. The van der Waals surface area contributed by atoms with E-state index >= 15 is 0 Å². The average molecular weight is 169 g/mol. The summed E-state index contributed by atoms with van der Waals surface area (Å²) in [4.78, 5) is 4.13. The van der Waals surface area contributed by atoms with Crippen LogP contribution in [-0.4, -0.2) is 17.1 Å². The largest absolute Gasteiger partial charge is 0.359 e. The predicted molar refractivity (Wildman–Crippen MR) is 46.7 cm³/mol. The van der Waals surface area contributed by atoms with Crippen LogP contribution >= 0.6 is 11.3 Å². The third-order valence-corrected chi connectivity index (χ3v) is 2.64. The van der Waals surface area contributed by atoms with Crippen LogP contribution in [0.1, 0.15) is 12.8 Å². The van der Waals surface area contributed by atoms with Crippen LogP contribution in [0.25, 0.3) is 0 Å². The van der Waals surface area contributed by atoms with Crippen LogP contribution in [0.3, 0.4) is 0 Å². The molecule has 1 aliphatic carbocycles. The highest BCUT2D eigenvalue weighted by atomic mass is 32.1. The minimum absolute atomic E-state index is 0.410. The molecular weight excluding hydrogens is 158 g/mol. The Morgan fingerprint density at radius 3 is 3.00 bits per heavy atom. The van der Waals surface area contributed by atoms with Gasteiger partial charge in [-0.25, -0.2) is 4.98 Å². The number of hydrogen-bond donors (Lipinski definition) is 2. The van der Waals surface area contributed by atoms with Crippen molar-refractivity contribution in [1.82, 2.24) is 4.98 Å². The van der Waals surface area contributed by atoms with Crippen molar-refractivity contribution in [3.63, 3.8) is 0 Å². The van der Waals surface area contributed by atoms with Crippen molar-refractivity contribution in [2.45, 2.75) is 24.9 Å². The van der Waals surface area contributed by atoms with E-state index in [4.69, 9.17) is 5.73 Å². The van der Waals surface area contributed by atoms with E-state index in [1.807, 2.05) is 11.6 Å². The molecule has 0 amide bonds. The van der Waals surface area contributed by atoms with Gasteiger partial charge in [0.1, 0.15) is 0 Å². The zero-order valence-corrected chi connectivity index (χ0v) is 6.97. The zero-order valence-electron chi connectivity index (χ0n) is 6.16. The highest BCUT2D eigenvalue weighted by Crippen LogP contribution is 2.23. The first-order valence-electron chi connectivity index (χ1n) is 3.76. The van der Waals surface area contributed by atoms with E-state index in [-0.39, 0.29) is 0 Å². The van der Waals surface area contributed by atoms with Gasteiger partial charge >= 0.3 is 0 Å². The predicted octanol–water partition coefficient (Wildman–Crippen LogP) is 1.04. The lowest BCUT2D eigenvalue weighted by molar-refractivity contribution is 0.373. The van der Waals surface area contributed by atoms with Crippen molar-refractivity contribution < 1.29 is 0 Å². The Kier molecular flexibility index (Phi) is 1.79. The molecule has 0 unspecified atom stereocenters. The van der Waals surface area contributed by atoms with Gasteiger partial charge in [-0.3, -0.25) is 0 Å². The molecule has 3 nitrogen and oxygen atoms in total. The smallest absolute Gasteiger partial charge is 0.182 e. The van der Waals surface area contributed by atoms with Crippen LogP contribution in [0.4, 0.5) is 5.13 Å². The van der Waals surface area contributed by atoms with Gasteiger partial charge in [0, 0.05) is 23.7 Å². The first kappa shape index (κ1) is 7.06. The number of aromatic nitrogens is 1. The molecule has 1 heterocycles. The zero-order chi connectivity index (χ0) is 7.68. The molecule has 1 aromatic rings. The van der Waals surface area contributed by atoms with Gasteiger partial charge in [0.05, 0.1) is 0 Å². The molecule has 0 aliphatic heterocycles. The van der Waals surface area contributed by atoms with Gasteiger partial charge in [-0.15, -0.1) is 11.3 Å². The molecule has 1 aromatic heterocycles. The summed E-state index contributed by atoms with van der Waals surface area (Å²) in [5.74, 6) is 0. The normalized spacial score (nSPS) is 29.5. The van der Waals surface area contributed by atoms with Crippen LogP contribution in [0.5, 0.6) is 0 Å². The molecule has 0 radical (unpaired) electrons. The number of thiazole rings is 1. The summed E-state index contributed by atoms with van der Waals surface area (Å²) < 4.78 is 0. The Hall–Kier alpha value is -0.610. The van der Waals surface area contributed by atoms with Crippen molar-refractivity contribution in [2.75, 3.05) is 5.32 Å². The fraction of sp³-hybridized carbons (Fsp3) is 0.571. The Morgan fingerprint density at radius 1 is 1.64 bits per heavy atom. The van der Waals surface area contributed by atoms with Gasteiger partial charge in [-0.2, -0.15) is 0 Å². The number of rotatable bonds is 2. The molecule has 0 saturated heterocycles. The molecule has 0 bridgehead atoms. The van der Waals surface area contributed by atoms with E-state index in [0.717, 1.165) is 18.0 Å². The summed E-state index contributed by atoms with van der Waals surface area (Å²) >= 11 is 1.64. The summed E-state index contributed by atoms with van der Waals surface area (Å²) in [6, 6.07) is 0.976. The van der Waals surface area contributed by atoms with E-state index in [1.165, 1.54) is 0 Å². The standard InChI is InChI=1S/C7H11N3S/c8-5-3-6(4-5)10-7-9-1-2-11-7/h1-2,5-6H,3-4,8H2,(H,9,10). The first-order chi connectivity index (χ1) is 5.34. The van der Waals surface area contributed by atoms with E-state index in [1.54, 1.807) is 11.3 Å². The second-order valence-electron chi connectivity index (χ2n) is 2.91. The SMILES string of the molecule is NC1CC(Nc2nccs2)C1. The van der Waals surface area contributed by atoms with E-state index < -0.39 is 0 Å². The lowest BCUT2D eigenvalue weighted by atomic mass is 9.88. The van der Waals surface area contributed by atoms with Crippen molar-refractivity contribution in [2.24, 2.45) is 5.73 Å². The maximum absolute atomic E-state index is 5.64. The molecule has 4 heteroatoms. The van der Waals surface area contributed by atoms with Crippen molar-refractivity contribution in [3.8, 4) is 0 Å². The van der Waals surface area contributed by atoms with Gasteiger partial charge in [0.2, 0.25) is 0 Å². The van der Waals surface area contributed by atoms with E-state index in [0.29, 0.717) is 12.1 Å². The van der Waals surface area contributed by atoms with Crippen LogP contribution < -0.4 is 11.1 Å². The minimum Gasteiger partial charge on any atom is -0.359 e. The molecule has 1 fully saturated rings. The maximum Gasteiger partial charge on any atom is 0.182 e. The van der Waals surface area contributed by atoms with Crippen LogP contribution in [0.15, 0.2) is 11.6 Å². The molecule has 11 heavy (non-hydrogen) atoms. The number of nitrogens with one attached hydrogen (secondary N) is 1. The molecule has 0 atom stereocenters. The lowest BCUT2D eigenvalue weighted by Gasteiger charge is -2.32. The topological polar surface area (TPSA) is 50.9 Å². The molecule has 1 saturated carbocycles. The molecule has 3 N–H and O–H groups in total. The molecule has 0 spiro atoms. The Balaban J connectivity index is 1.84. The second kappa shape index (κ2) is 2.79. The quantitative estimate of drug-likeness (QED) is 0.695. The van der Waals surface area contributed by atoms with Gasteiger partial charge < -0.3 is 11.1 Å². The Labute approximate surface area is 69.6 Å². The monoisotopic (exact) mass is 169 g/mol. The summed E-state index contributed by atoms with van der Waals surface area (Å²) in [6.07, 6.45) is 3.98. The third-order valence-electron chi connectivity index (χ3n) is 1.93. The highest BCUT2D eigenvalue weighted by Gasteiger charge is 2.25. The Morgan fingerprint density at radius 2 is 2.45 bits per heavy atom. The van der Waals surface area contributed by atoms with Gasteiger partial charge in [-0.05, 0) is 12.8 Å². The van der Waals surface area contributed by atoms with Crippen LogP contribution in [0, 0.1) is 0 Å². The van der Waals surface area contributed by atoms with Gasteiger partial charge in [0.25, 0.3) is 0 Å². The first-order valence-corrected chi connectivity index (χ1v) is 4.64. The van der Waals surface area contributed by atoms with Crippen LogP contribution in [0.2, 0.25) is 0 Å². The summed E-state index contributed by atoms with van der Waals surface area (Å²) in [7, 11) is 0. The molecular formula is C7H11N3S. The van der Waals surface area contributed by atoms with Gasteiger partial charge in [0.15, 0.2) is 5.13 Å². The maximum atomic E-state index is 5.64. The highest BCUT2D eigenvalue weighted by molar-refractivity contribution is 7.13. The fourth-order valence-corrected chi connectivity index (χ4v) is 1.86. The molecule has 60 valence electrons. The van der Waals surface area contributed by atoms with Gasteiger partial charge in [-0.1, -0.05) is 0 Å². The molecule has 1 aliphatic rings.